The number of nitrogens with zero attached hydrogens (tertiary/aromatic N) is 1. The van der Waals surface area contributed by atoms with Gasteiger partial charge in [-0.15, -0.1) is 0 Å². The Hall–Kier alpha value is -1.18. The van der Waals surface area contributed by atoms with Crippen molar-refractivity contribution in [2.75, 3.05) is 5.32 Å². The predicted molar refractivity (Wildman–Crippen MR) is 87.2 cm³/mol. The SMILES string of the molecule is O=[N+]([O-])c1cccc(CNc2c(Cl)cc(F)cc2Br)c1Br. The van der Waals surface area contributed by atoms with E-state index in [0.29, 0.717) is 26.7 Å². The Morgan fingerprint density at radius 1 is 1.33 bits per heavy atom. The monoisotopic (exact) mass is 436 g/mol. The zero-order valence-electron chi connectivity index (χ0n) is 10.4. The van der Waals surface area contributed by atoms with Crippen molar-refractivity contribution in [1.29, 1.82) is 0 Å². The Labute approximate surface area is 141 Å². The van der Waals surface area contributed by atoms with Gasteiger partial charge in [0.1, 0.15) is 10.3 Å². The van der Waals surface area contributed by atoms with Crippen molar-refractivity contribution in [2.45, 2.75) is 6.54 Å². The van der Waals surface area contributed by atoms with Gasteiger partial charge in [0.15, 0.2) is 0 Å². The first-order valence-electron chi connectivity index (χ1n) is 5.70. The van der Waals surface area contributed by atoms with Crippen molar-refractivity contribution in [3.05, 3.63) is 65.8 Å². The molecule has 2 rings (SSSR count). The summed E-state index contributed by atoms with van der Waals surface area (Å²) in [6.45, 7) is 0.298. The molecule has 0 saturated heterocycles. The fraction of sp³-hybridized carbons (Fsp3) is 0.0769. The highest BCUT2D eigenvalue weighted by Gasteiger charge is 2.15. The number of halogens is 4. The summed E-state index contributed by atoms with van der Waals surface area (Å²) < 4.78 is 14.0. The molecule has 1 N–H and O–H groups in total. The minimum Gasteiger partial charge on any atom is -0.379 e. The number of hydrogen-bond donors (Lipinski definition) is 1. The second-order valence-electron chi connectivity index (χ2n) is 4.11. The van der Waals surface area contributed by atoms with Gasteiger partial charge in [0, 0.05) is 17.1 Å². The van der Waals surface area contributed by atoms with Crippen LogP contribution in [0.1, 0.15) is 5.56 Å². The van der Waals surface area contributed by atoms with Crippen LogP contribution in [0, 0.1) is 15.9 Å². The van der Waals surface area contributed by atoms with E-state index in [1.54, 1.807) is 12.1 Å². The van der Waals surface area contributed by atoms with Crippen LogP contribution in [0.3, 0.4) is 0 Å². The van der Waals surface area contributed by atoms with E-state index in [4.69, 9.17) is 11.6 Å². The van der Waals surface area contributed by atoms with Crippen LogP contribution in [-0.2, 0) is 6.54 Å². The molecule has 0 aromatic heterocycles. The Balaban J connectivity index is 2.25. The van der Waals surface area contributed by atoms with Gasteiger partial charge in [-0.1, -0.05) is 23.7 Å². The van der Waals surface area contributed by atoms with Gasteiger partial charge in [0.05, 0.1) is 15.6 Å². The summed E-state index contributed by atoms with van der Waals surface area (Å²) in [5.74, 6) is -0.450. The first kappa shape index (κ1) is 16.2. The van der Waals surface area contributed by atoms with Crippen LogP contribution in [0.25, 0.3) is 0 Å². The average molecular weight is 438 g/mol. The molecule has 110 valence electrons. The van der Waals surface area contributed by atoms with Crippen LogP contribution < -0.4 is 5.32 Å². The summed E-state index contributed by atoms with van der Waals surface area (Å²) in [5.41, 5.74) is 1.20. The van der Waals surface area contributed by atoms with Crippen molar-refractivity contribution in [3.63, 3.8) is 0 Å². The Kier molecular flexibility index (Phi) is 5.18. The van der Waals surface area contributed by atoms with E-state index >= 15 is 0 Å². The highest BCUT2D eigenvalue weighted by Crippen LogP contribution is 2.33. The van der Waals surface area contributed by atoms with E-state index in [0.717, 1.165) is 0 Å². The van der Waals surface area contributed by atoms with E-state index in [1.807, 2.05) is 0 Å². The zero-order valence-corrected chi connectivity index (χ0v) is 14.3. The Bertz CT molecular complexity index is 690. The molecule has 4 nitrogen and oxygen atoms in total. The van der Waals surface area contributed by atoms with E-state index in [1.165, 1.54) is 18.2 Å². The molecule has 0 atom stereocenters. The van der Waals surface area contributed by atoms with Crippen LogP contribution >= 0.6 is 43.5 Å². The lowest BCUT2D eigenvalue weighted by atomic mass is 10.2. The van der Waals surface area contributed by atoms with Crippen molar-refractivity contribution in [2.24, 2.45) is 0 Å². The topological polar surface area (TPSA) is 55.2 Å². The van der Waals surface area contributed by atoms with Crippen LogP contribution in [0.2, 0.25) is 5.02 Å². The van der Waals surface area contributed by atoms with Gasteiger partial charge < -0.3 is 5.32 Å². The molecule has 0 fully saturated rings. The standard InChI is InChI=1S/C13H8Br2ClFN2O2/c14-9-4-8(17)5-10(16)13(9)18-6-7-2-1-3-11(12(7)15)19(20)21/h1-5,18H,6H2. The summed E-state index contributed by atoms with van der Waals surface area (Å²) in [6, 6.07) is 7.23. The highest BCUT2D eigenvalue weighted by atomic mass is 79.9. The lowest BCUT2D eigenvalue weighted by Crippen LogP contribution is -2.03. The molecule has 8 heteroatoms. The van der Waals surface area contributed by atoms with E-state index < -0.39 is 10.7 Å². The van der Waals surface area contributed by atoms with Crippen LogP contribution in [0.5, 0.6) is 0 Å². The molecule has 0 aliphatic carbocycles. The molecular formula is C13H8Br2ClFN2O2. The van der Waals surface area contributed by atoms with Crippen molar-refractivity contribution in [1.82, 2.24) is 0 Å². The molecular weight excluding hydrogens is 430 g/mol. The number of rotatable bonds is 4. The van der Waals surface area contributed by atoms with Crippen LogP contribution in [0.15, 0.2) is 39.3 Å². The Morgan fingerprint density at radius 3 is 2.67 bits per heavy atom. The maximum Gasteiger partial charge on any atom is 0.283 e. The zero-order chi connectivity index (χ0) is 15.6. The summed E-state index contributed by atoms with van der Waals surface area (Å²) in [6.07, 6.45) is 0. The molecule has 0 saturated carbocycles. The maximum absolute atomic E-state index is 13.2. The molecule has 0 aliphatic heterocycles. The van der Waals surface area contributed by atoms with Crippen molar-refractivity contribution < 1.29 is 9.31 Å². The van der Waals surface area contributed by atoms with Gasteiger partial charge in [-0.05, 0) is 49.6 Å². The number of benzene rings is 2. The molecule has 21 heavy (non-hydrogen) atoms. The maximum atomic E-state index is 13.2. The number of hydrogen-bond acceptors (Lipinski definition) is 3. The van der Waals surface area contributed by atoms with Gasteiger partial charge in [0.25, 0.3) is 5.69 Å². The van der Waals surface area contributed by atoms with Crippen molar-refractivity contribution in [3.8, 4) is 0 Å². The van der Waals surface area contributed by atoms with Gasteiger partial charge in [-0.3, -0.25) is 10.1 Å². The van der Waals surface area contributed by atoms with Crippen molar-refractivity contribution >= 4 is 54.8 Å². The van der Waals surface area contributed by atoms with Gasteiger partial charge in [0.2, 0.25) is 0 Å². The summed E-state index contributed by atoms with van der Waals surface area (Å²) >= 11 is 12.4. The average Bonchev–Trinajstić information content (AvgIpc) is 2.38. The molecule has 0 amide bonds. The largest absolute Gasteiger partial charge is 0.379 e. The molecule has 0 spiro atoms. The van der Waals surface area contributed by atoms with E-state index in [9.17, 15) is 14.5 Å². The minimum absolute atomic E-state index is 0.0152. The lowest BCUT2D eigenvalue weighted by molar-refractivity contribution is -0.385. The summed E-state index contributed by atoms with van der Waals surface area (Å²) in [4.78, 5) is 10.4. The fourth-order valence-corrected chi connectivity index (χ4v) is 3.25. The molecule has 0 bridgehead atoms. The highest BCUT2D eigenvalue weighted by molar-refractivity contribution is 9.11. The third-order valence-electron chi connectivity index (χ3n) is 2.72. The number of nitrogens with one attached hydrogen (secondary N) is 1. The number of nitro benzene ring substituents is 1. The van der Waals surface area contributed by atoms with Gasteiger partial charge in [-0.2, -0.15) is 0 Å². The molecule has 2 aromatic carbocycles. The first-order valence-corrected chi connectivity index (χ1v) is 7.66. The van der Waals surface area contributed by atoms with Gasteiger partial charge in [-0.25, -0.2) is 4.39 Å². The number of anilines is 1. The Morgan fingerprint density at radius 2 is 2.05 bits per heavy atom. The third-order valence-corrected chi connectivity index (χ3v) is 4.56. The van der Waals surface area contributed by atoms with Gasteiger partial charge >= 0.3 is 0 Å². The molecule has 0 heterocycles. The first-order chi connectivity index (χ1) is 9.90. The van der Waals surface area contributed by atoms with Crippen LogP contribution in [0.4, 0.5) is 15.8 Å². The normalized spacial score (nSPS) is 10.5. The molecule has 2 aromatic rings. The smallest absolute Gasteiger partial charge is 0.283 e. The molecule has 0 aliphatic rings. The third kappa shape index (κ3) is 3.72. The van der Waals surface area contributed by atoms with Crippen LogP contribution in [-0.4, -0.2) is 4.92 Å². The summed E-state index contributed by atoms with van der Waals surface area (Å²) in [7, 11) is 0. The quantitative estimate of drug-likeness (QED) is 0.505. The second-order valence-corrected chi connectivity index (χ2v) is 6.16. The molecule has 0 unspecified atom stereocenters. The minimum atomic E-state index is -0.464. The predicted octanol–water partition coefficient (Wildman–Crippen LogP) is 5.52. The second kappa shape index (κ2) is 6.72. The van der Waals surface area contributed by atoms with E-state index in [2.05, 4.69) is 37.2 Å². The fourth-order valence-electron chi connectivity index (χ4n) is 1.74. The summed E-state index contributed by atoms with van der Waals surface area (Å²) in [5, 5.41) is 14.1. The molecule has 0 radical (unpaired) electrons. The lowest BCUT2D eigenvalue weighted by Gasteiger charge is -2.12. The van der Waals surface area contributed by atoms with E-state index in [-0.39, 0.29) is 10.7 Å². The number of nitro groups is 1.